The molecular weight excluding hydrogens is 330 g/mol. The lowest BCUT2D eigenvalue weighted by atomic mass is 10.1. The fourth-order valence-electron chi connectivity index (χ4n) is 2.36. The first-order chi connectivity index (χ1) is 11.5. The summed E-state index contributed by atoms with van der Waals surface area (Å²) in [5.74, 6) is -1.01. The van der Waals surface area contributed by atoms with Crippen molar-refractivity contribution in [2.45, 2.75) is 13.5 Å². The number of benzene rings is 1. The lowest BCUT2D eigenvalue weighted by Gasteiger charge is -2.06. The molecule has 24 heavy (non-hydrogen) atoms. The summed E-state index contributed by atoms with van der Waals surface area (Å²) in [6.07, 6.45) is 1.59. The molecule has 7 nitrogen and oxygen atoms in total. The molecule has 2 heterocycles. The van der Waals surface area contributed by atoms with Gasteiger partial charge in [-0.05, 0) is 13.0 Å². The van der Waals surface area contributed by atoms with Crippen LogP contribution in [-0.4, -0.2) is 25.6 Å². The van der Waals surface area contributed by atoms with Crippen LogP contribution in [-0.2, 0) is 6.54 Å². The van der Waals surface area contributed by atoms with Crippen LogP contribution in [0.3, 0.4) is 0 Å². The standard InChI is InChI=1S/C16H13N3O4S/c1-9-6-13(20)18-16(23)19(9)8-14-17-7-12(24-14)10-4-2-3-5-11(10)15(21)22/h2-7H,8H2,1H3,(H,21,22)(H,18,20,23). The first kappa shape index (κ1) is 15.9. The van der Waals surface area contributed by atoms with Gasteiger partial charge in [-0.2, -0.15) is 0 Å². The average molecular weight is 343 g/mol. The Morgan fingerprint density at radius 2 is 2.08 bits per heavy atom. The van der Waals surface area contributed by atoms with Crippen molar-refractivity contribution >= 4 is 17.3 Å². The highest BCUT2D eigenvalue weighted by atomic mass is 32.1. The number of aromatic carboxylic acids is 1. The second-order valence-electron chi connectivity index (χ2n) is 5.14. The van der Waals surface area contributed by atoms with E-state index >= 15 is 0 Å². The van der Waals surface area contributed by atoms with E-state index in [0.717, 1.165) is 0 Å². The van der Waals surface area contributed by atoms with Crippen molar-refractivity contribution in [2.24, 2.45) is 0 Å². The van der Waals surface area contributed by atoms with Crippen molar-refractivity contribution in [3.63, 3.8) is 0 Å². The molecule has 0 saturated heterocycles. The molecule has 2 aromatic heterocycles. The van der Waals surface area contributed by atoms with Crippen molar-refractivity contribution in [3.8, 4) is 10.4 Å². The van der Waals surface area contributed by atoms with E-state index in [4.69, 9.17) is 0 Å². The number of aromatic amines is 1. The topological polar surface area (TPSA) is 105 Å². The van der Waals surface area contributed by atoms with Gasteiger partial charge >= 0.3 is 11.7 Å². The number of aromatic nitrogens is 3. The third-order valence-corrected chi connectivity index (χ3v) is 4.53. The van der Waals surface area contributed by atoms with E-state index in [1.807, 2.05) is 0 Å². The molecule has 3 rings (SSSR count). The molecule has 0 fully saturated rings. The van der Waals surface area contributed by atoms with Gasteiger partial charge in [0.05, 0.1) is 17.0 Å². The minimum atomic E-state index is -1.01. The highest BCUT2D eigenvalue weighted by Crippen LogP contribution is 2.29. The zero-order valence-corrected chi connectivity index (χ0v) is 13.5. The van der Waals surface area contributed by atoms with Crippen molar-refractivity contribution < 1.29 is 9.90 Å². The van der Waals surface area contributed by atoms with Gasteiger partial charge in [-0.15, -0.1) is 11.3 Å². The molecule has 0 aliphatic heterocycles. The van der Waals surface area contributed by atoms with E-state index < -0.39 is 17.2 Å². The Balaban J connectivity index is 1.97. The highest BCUT2D eigenvalue weighted by molar-refractivity contribution is 7.15. The number of nitrogens with zero attached hydrogens (tertiary/aromatic N) is 2. The Morgan fingerprint density at radius 1 is 1.33 bits per heavy atom. The van der Waals surface area contributed by atoms with Gasteiger partial charge in [0.2, 0.25) is 0 Å². The zero-order valence-electron chi connectivity index (χ0n) is 12.6. The molecule has 3 aromatic rings. The summed E-state index contributed by atoms with van der Waals surface area (Å²) in [4.78, 5) is 41.7. The fourth-order valence-corrected chi connectivity index (χ4v) is 3.31. The van der Waals surface area contributed by atoms with E-state index in [1.54, 1.807) is 31.3 Å². The molecule has 8 heteroatoms. The number of thiazole rings is 1. The van der Waals surface area contributed by atoms with Crippen LogP contribution in [0.5, 0.6) is 0 Å². The maximum Gasteiger partial charge on any atom is 0.336 e. The van der Waals surface area contributed by atoms with E-state index in [2.05, 4.69) is 9.97 Å². The van der Waals surface area contributed by atoms with Gasteiger partial charge in [-0.3, -0.25) is 14.3 Å². The van der Waals surface area contributed by atoms with E-state index in [0.29, 0.717) is 21.1 Å². The Labute approximate surface area is 139 Å². The van der Waals surface area contributed by atoms with Crippen LogP contribution in [0.1, 0.15) is 21.1 Å². The number of carboxylic acids is 1. The molecule has 0 saturated carbocycles. The van der Waals surface area contributed by atoms with Crippen LogP contribution in [0.15, 0.2) is 46.1 Å². The second-order valence-corrected chi connectivity index (χ2v) is 6.25. The monoisotopic (exact) mass is 343 g/mol. The van der Waals surface area contributed by atoms with Gasteiger partial charge < -0.3 is 5.11 Å². The van der Waals surface area contributed by atoms with Gasteiger partial charge in [0, 0.05) is 23.5 Å². The summed E-state index contributed by atoms with van der Waals surface area (Å²) < 4.78 is 1.41. The van der Waals surface area contributed by atoms with Crippen molar-refractivity contribution in [1.82, 2.24) is 14.5 Å². The van der Waals surface area contributed by atoms with E-state index in [9.17, 15) is 19.5 Å². The molecular formula is C16H13N3O4S. The number of aryl methyl sites for hydroxylation is 1. The first-order valence-corrected chi connectivity index (χ1v) is 7.85. The van der Waals surface area contributed by atoms with Gasteiger partial charge in [-0.25, -0.2) is 14.6 Å². The minimum Gasteiger partial charge on any atom is -0.478 e. The summed E-state index contributed by atoms with van der Waals surface area (Å²) >= 11 is 1.31. The number of rotatable bonds is 4. The summed E-state index contributed by atoms with van der Waals surface area (Å²) in [6.45, 7) is 1.88. The summed E-state index contributed by atoms with van der Waals surface area (Å²) in [5.41, 5.74) is 0.377. The largest absolute Gasteiger partial charge is 0.478 e. The van der Waals surface area contributed by atoms with Gasteiger partial charge in [0.25, 0.3) is 5.56 Å². The predicted octanol–water partition coefficient (Wildman–Crippen LogP) is 1.72. The van der Waals surface area contributed by atoms with Gasteiger partial charge in [-0.1, -0.05) is 18.2 Å². The van der Waals surface area contributed by atoms with Gasteiger partial charge in [0.1, 0.15) is 5.01 Å². The van der Waals surface area contributed by atoms with Crippen LogP contribution >= 0.6 is 11.3 Å². The number of nitrogens with one attached hydrogen (secondary N) is 1. The van der Waals surface area contributed by atoms with Crippen molar-refractivity contribution in [2.75, 3.05) is 0 Å². The Kier molecular flexibility index (Phi) is 4.13. The Morgan fingerprint density at radius 3 is 2.79 bits per heavy atom. The third-order valence-electron chi connectivity index (χ3n) is 3.51. The molecule has 0 aliphatic carbocycles. The fraction of sp³-hybridized carbons (Fsp3) is 0.125. The minimum absolute atomic E-state index is 0.199. The Bertz CT molecular complexity index is 1030. The highest BCUT2D eigenvalue weighted by Gasteiger charge is 2.14. The molecule has 122 valence electrons. The van der Waals surface area contributed by atoms with E-state index in [1.165, 1.54) is 28.0 Å². The van der Waals surface area contributed by atoms with Gasteiger partial charge in [0.15, 0.2) is 0 Å². The van der Waals surface area contributed by atoms with E-state index in [-0.39, 0.29) is 12.1 Å². The molecule has 0 spiro atoms. The number of hydrogen-bond acceptors (Lipinski definition) is 5. The molecule has 0 radical (unpaired) electrons. The molecule has 0 atom stereocenters. The predicted molar refractivity (Wildman–Crippen MR) is 89.7 cm³/mol. The molecule has 0 unspecified atom stereocenters. The van der Waals surface area contributed by atoms with Crippen molar-refractivity contribution in [3.05, 3.63) is 73.6 Å². The normalized spacial score (nSPS) is 10.7. The SMILES string of the molecule is Cc1cc(=O)[nH]c(=O)n1Cc1ncc(-c2ccccc2C(=O)O)s1. The molecule has 0 aliphatic rings. The number of carbonyl (C=O) groups is 1. The van der Waals surface area contributed by atoms with Crippen molar-refractivity contribution in [1.29, 1.82) is 0 Å². The summed E-state index contributed by atoms with van der Waals surface area (Å²) in [7, 11) is 0. The molecule has 0 bridgehead atoms. The molecule has 1 aromatic carbocycles. The smallest absolute Gasteiger partial charge is 0.336 e. The summed E-state index contributed by atoms with van der Waals surface area (Å²) in [6, 6.07) is 8.03. The maximum atomic E-state index is 11.9. The lowest BCUT2D eigenvalue weighted by Crippen LogP contribution is -2.31. The average Bonchev–Trinajstić information content (AvgIpc) is 2.99. The van der Waals surface area contributed by atoms with Crippen LogP contribution in [0, 0.1) is 6.92 Å². The second kappa shape index (κ2) is 6.25. The number of carboxylic acid groups (broad SMARTS) is 1. The van der Waals surface area contributed by atoms with Crippen LogP contribution in [0.25, 0.3) is 10.4 Å². The Hall–Kier alpha value is -3.00. The van der Waals surface area contributed by atoms with Crippen LogP contribution in [0.4, 0.5) is 0 Å². The van der Waals surface area contributed by atoms with Crippen LogP contribution in [0.2, 0.25) is 0 Å². The molecule has 0 amide bonds. The molecule has 2 N–H and O–H groups in total. The number of hydrogen-bond donors (Lipinski definition) is 2. The maximum absolute atomic E-state index is 11.9. The van der Waals surface area contributed by atoms with Crippen LogP contribution < -0.4 is 11.2 Å². The summed E-state index contributed by atoms with van der Waals surface area (Å²) in [5, 5.41) is 9.91. The quantitative estimate of drug-likeness (QED) is 0.750. The lowest BCUT2D eigenvalue weighted by molar-refractivity contribution is 0.0698. The first-order valence-electron chi connectivity index (χ1n) is 7.04. The number of H-pyrrole nitrogens is 1. The zero-order chi connectivity index (χ0) is 17.3. The third kappa shape index (κ3) is 3.04.